The Morgan fingerprint density at radius 3 is 2.53 bits per heavy atom. The molecular weight excluding hydrogens is 276 g/mol. The Hall–Kier alpha value is -2.22. The second-order valence-electron chi connectivity index (χ2n) is 3.68. The van der Waals surface area contributed by atoms with Crippen LogP contribution in [0.5, 0.6) is 0 Å². The molecule has 1 aromatic carbocycles. The molecule has 2 rings (SSSR count). The minimum Gasteiger partial charge on any atom is -0.396 e. The molecule has 19 heavy (non-hydrogen) atoms. The van der Waals surface area contributed by atoms with Gasteiger partial charge in [-0.3, -0.25) is 9.71 Å². The molecule has 100 valence electrons. The van der Waals surface area contributed by atoms with E-state index in [2.05, 4.69) is 9.71 Å². The number of nitrogen functional groups attached to an aromatic ring is 1. The van der Waals surface area contributed by atoms with Gasteiger partial charge in [-0.1, -0.05) is 0 Å². The summed E-state index contributed by atoms with van der Waals surface area (Å²) < 4.78 is 52.0. The molecule has 1 heterocycles. The predicted molar refractivity (Wildman–Crippen MR) is 65.8 cm³/mol. The van der Waals surface area contributed by atoms with E-state index in [0.29, 0.717) is 0 Å². The summed E-state index contributed by atoms with van der Waals surface area (Å²) in [4.78, 5) is 3.08. The zero-order valence-corrected chi connectivity index (χ0v) is 10.3. The zero-order valence-electron chi connectivity index (χ0n) is 9.47. The van der Waals surface area contributed by atoms with Crippen LogP contribution in [0.25, 0.3) is 0 Å². The number of anilines is 2. The molecule has 0 amide bonds. The van der Waals surface area contributed by atoms with Gasteiger partial charge in [-0.15, -0.1) is 0 Å². The highest BCUT2D eigenvalue weighted by Crippen LogP contribution is 2.19. The van der Waals surface area contributed by atoms with Crippen molar-refractivity contribution in [2.45, 2.75) is 4.90 Å². The van der Waals surface area contributed by atoms with Crippen molar-refractivity contribution in [1.29, 1.82) is 0 Å². The van der Waals surface area contributed by atoms with Crippen molar-refractivity contribution >= 4 is 21.4 Å². The molecule has 0 spiro atoms. The van der Waals surface area contributed by atoms with Crippen molar-refractivity contribution < 1.29 is 17.2 Å². The molecular formula is C11H9F2N3O2S. The molecule has 8 heteroatoms. The third-order valence-electron chi connectivity index (χ3n) is 2.24. The van der Waals surface area contributed by atoms with E-state index in [4.69, 9.17) is 5.73 Å². The number of halogens is 2. The van der Waals surface area contributed by atoms with Gasteiger partial charge in [0.05, 0.1) is 17.6 Å². The first-order chi connectivity index (χ1) is 8.88. The van der Waals surface area contributed by atoms with Crippen molar-refractivity contribution in [1.82, 2.24) is 4.98 Å². The number of nitrogens with zero attached hydrogens (tertiary/aromatic N) is 1. The molecule has 0 aliphatic heterocycles. The Morgan fingerprint density at radius 1 is 1.16 bits per heavy atom. The summed E-state index contributed by atoms with van der Waals surface area (Å²) in [5.41, 5.74) is 5.15. The summed E-state index contributed by atoms with van der Waals surface area (Å²) in [6.07, 6.45) is 1.86. The molecule has 0 aliphatic rings. The lowest BCUT2D eigenvalue weighted by atomic mass is 10.3. The van der Waals surface area contributed by atoms with Crippen LogP contribution in [0.1, 0.15) is 0 Å². The summed E-state index contributed by atoms with van der Waals surface area (Å²) >= 11 is 0. The Morgan fingerprint density at radius 2 is 1.89 bits per heavy atom. The topological polar surface area (TPSA) is 85.1 Å². The van der Waals surface area contributed by atoms with Crippen LogP contribution in [0.15, 0.2) is 41.6 Å². The third kappa shape index (κ3) is 2.97. The number of pyridine rings is 1. The first kappa shape index (κ1) is 13.2. The van der Waals surface area contributed by atoms with Crippen LogP contribution in [-0.2, 0) is 10.0 Å². The van der Waals surface area contributed by atoms with E-state index in [0.717, 1.165) is 24.5 Å². The van der Waals surface area contributed by atoms with Crippen molar-refractivity contribution in [3.63, 3.8) is 0 Å². The van der Waals surface area contributed by atoms with Gasteiger partial charge < -0.3 is 5.73 Å². The van der Waals surface area contributed by atoms with E-state index < -0.39 is 21.7 Å². The highest BCUT2D eigenvalue weighted by Gasteiger charge is 2.16. The summed E-state index contributed by atoms with van der Waals surface area (Å²) in [6.45, 7) is 0. The number of nitrogens with two attached hydrogens (primary N) is 1. The van der Waals surface area contributed by atoms with E-state index in [1.54, 1.807) is 0 Å². The lowest BCUT2D eigenvalue weighted by molar-refractivity contribution is 0.592. The molecule has 2 aromatic rings. The molecule has 0 aliphatic carbocycles. The van der Waals surface area contributed by atoms with Crippen LogP contribution in [0.4, 0.5) is 20.2 Å². The Balaban J connectivity index is 2.33. The molecule has 0 unspecified atom stereocenters. The van der Waals surface area contributed by atoms with Crippen LogP contribution in [0.2, 0.25) is 0 Å². The van der Waals surface area contributed by atoms with Gasteiger partial charge in [0.2, 0.25) is 0 Å². The summed E-state index contributed by atoms with van der Waals surface area (Å²) in [6, 6.07) is 4.25. The number of aromatic nitrogens is 1. The maximum Gasteiger partial charge on any atom is 0.263 e. The quantitative estimate of drug-likeness (QED) is 0.841. The average Bonchev–Trinajstić information content (AvgIpc) is 2.33. The fourth-order valence-electron chi connectivity index (χ4n) is 1.34. The van der Waals surface area contributed by atoms with Crippen LogP contribution in [-0.4, -0.2) is 13.4 Å². The van der Waals surface area contributed by atoms with Gasteiger partial charge in [0.1, 0.15) is 16.5 Å². The molecule has 0 atom stereocenters. The highest BCUT2D eigenvalue weighted by atomic mass is 32.2. The van der Waals surface area contributed by atoms with Crippen LogP contribution < -0.4 is 10.5 Å². The Labute approximate surface area is 108 Å². The lowest BCUT2D eigenvalue weighted by Crippen LogP contribution is -2.13. The Bertz CT molecular complexity index is 720. The molecule has 1 aromatic heterocycles. The zero-order chi connectivity index (χ0) is 14.0. The predicted octanol–water partition coefficient (Wildman–Crippen LogP) is 1.74. The first-order valence-corrected chi connectivity index (χ1v) is 6.55. The van der Waals surface area contributed by atoms with Crippen molar-refractivity contribution in [2.24, 2.45) is 0 Å². The molecule has 0 saturated heterocycles. The Kier molecular flexibility index (Phi) is 3.34. The number of hydrogen-bond donors (Lipinski definition) is 2. The maximum absolute atomic E-state index is 13.2. The molecule has 0 fully saturated rings. The standard InChI is InChI=1S/C11H9F2N3O2S/c12-7-3-9(6-15-5-7)19(17,18)16-8-1-2-11(14)10(13)4-8/h1-6,16H,14H2. The molecule has 0 bridgehead atoms. The van der Waals surface area contributed by atoms with E-state index in [-0.39, 0.29) is 16.3 Å². The van der Waals surface area contributed by atoms with E-state index >= 15 is 0 Å². The smallest absolute Gasteiger partial charge is 0.263 e. The number of nitrogens with one attached hydrogen (secondary N) is 1. The lowest BCUT2D eigenvalue weighted by Gasteiger charge is -2.08. The maximum atomic E-state index is 13.2. The van der Waals surface area contributed by atoms with Crippen LogP contribution in [0.3, 0.4) is 0 Å². The molecule has 3 N–H and O–H groups in total. The van der Waals surface area contributed by atoms with Crippen LogP contribution >= 0.6 is 0 Å². The van der Waals surface area contributed by atoms with Crippen LogP contribution in [0, 0.1) is 11.6 Å². The molecule has 0 radical (unpaired) electrons. The van der Waals surface area contributed by atoms with Gasteiger partial charge in [-0.2, -0.15) is 0 Å². The van der Waals surface area contributed by atoms with Gasteiger partial charge in [0.15, 0.2) is 0 Å². The second kappa shape index (κ2) is 4.81. The average molecular weight is 285 g/mol. The van der Waals surface area contributed by atoms with Crippen molar-refractivity contribution in [3.05, 3.63) is 48.3 Å². The minimum absolute atomic E-state index is 0.0176. The molecule has 0 saturated carbocycles. The first-order valence-electron chi connectivity index (χ1n) is 5.07. The highest BCUT2D eigenvalue weighted by molar-refractivity contribution is 7.92. The van der Waals surface area contributed by atoms with E-state index in [1.165, 1.54) is 12.1 Å². The van der Waals surface area contributed by atoms with E-state index in [1.807, 2.05) is 0 Å². The normalized spacial score (nSPS) is 11.3. The van der Waals surface area contributed by atoms with Gasteiger partial charge in [0.25, 0.3) is 10.0 Å². The fourth-order valence-corrected chi connectivity index (χ4v) is 2.37. The van der Waals surface area contributed by atoms with Crippen molar-refractivity contribution in [2.75, 3.05) is 10.5 Å². The number of sulfonamides is 1. The number of hydrogen-bond acceptors (Lipinski definition) is 4. The third-order valence-corrected chi connectivity index (χ3v) is 3.59. The van der Waals surface area contributed by atoms with Crippen molar-refractivity contribution in [3.8, 4) is 0 Å². The van der Waals surface area contributed by atoms with E-state index in [9.17, 15) is 17.2 Å². The number of benzene rings is 1. The minimum atomic E-state index is -4.03. The largest absolute Gasteiger partial charge is 0.396 e. The summed E-state index contributed by atoms with van der Waals surface area (Å²) in [5, 5.41) is 0. The SMILES string of the molecule is Nc1ccc(NS(=O)(=O)c2cncc(F)c2)cc1F. The van der Waals surface area contributed by atoms with Gasteiger partial charge in [0, 0.05) is 12.3 Å². The summed E-state index contributed by atoms with van der Waals surface area (Å²) in [5.74, 6) is -1.54. The van der Waals surface area contributed by atoms with Gasteiger partial charge in [-0.25, -0.2) is 17.2 Å². The molecule has 5 nitrogen and oxygen atoms in total. The number of rotatable bonds is 3. The summed E-state index contributed by atoms with van der Waals surface area (Å²) in [7, 11) is -4.03. The monoisotopic (exact) mass is 285 g/mol. The van der Waals surface area contributed by atoms with Gasteiger partial charge in [-0.05, 0) is 18.2 Å². The fraction of sp³-hybridized carbons (Fsp3) is 0. The second-order valence-corrected chi connectivity index (χ2v) is 5.36. The van der Waals surface area contributed by atoms with Gasteiger partial charge >= 0.3 is 0 Å².